The van der Waals surface area contributed by atoms with Crippen LogP contribution in [0.25, 0.3) is 10.1 Å². The van der Waals surface area contributed by atoms with Gasteiger partial charge in [0.1, 0.15) is 0 Å². The summed E-state index contributed by atoms with van der Waals surface area (Å²) in [7, 11) is 0. The fraction of sp³-hybridized carbons (Fsp3) is 0.200. The predicted molar refractivity (Wildman–Crippen MR) is 62.9 cm³/mol. The highest BCUT2D eigenvalue weighted by Gasteiger charge is 2.06. The van der Waals surface area contributed by atoms with E-state index in [0.717, 1.165) is 17.0 Å². The van der Waals surface area contributed by atoms with Crippen molar-refractivity contribution in [3.63, 3.8) is 0 Å². The summed E-state index contributed by atoms with van der Waals surface area (Å²) in [5.41, 5.74) is 8.17. The summed E-state index contributed by atoms with van der Waals surface area (Å²) in [5.74, 6) is 0. The third kappa shape index (κ3) is 1.32. The van der Waals surface area contributed by atoms with Gasteiger partial charge in [0.15, 0.2) is 0 Å². The van der Waals surface area contributed by atoms with Crippen molar-refractivity contribution < 1.29 is 0 Å². The maximum Gasteiger partial charge on any atom is 0.0586 e. The maximum atomic E-state index is 6.02. The van der Waals surface area contributed by atoms with Crippen LogP contribution >= 0.6 is 24.0 Å². The van der Waals surface area contributed by atoms with E-state index in [2.05, 4.69) is 31.7 Å². The second kappa shape index (κ2) is 3.24. The van der Waals surface area contributed by atoms with Gasteiger partial charge in [-0.25, -0.2) is 0 Å². The first-order chi connectivity index (χ1) is 6.24. The van der Waals surface area contributed by atoms with Gasteiger partial charge in [0.2, 0.25) is 0 Å². The van der Waals surface area contributed by atoms with E-state index in [0.29, 0.717) is 0 Å². The van der Waals surface area contributed by atoms with Crippen molar-refractivity contribution in [1.82, 2.24) is 0 Å². The molecule has 0 spiro atoms. The van der Waals surface area contributed by atoms with Crippen molar-refractivity contribution in [1.29, 1.82) is 0 Å². The molecule has 0 saturated carbocycles. The van der Waals surface area contributed by atoms with E-state index in [1.54, 1.807) is 11.3 Å². The fourth-order valence-corrected chi connectivity index (χ4v) is 2.80. The molecule has 0 atom stereocenters. The first-order valence-electron chi connectivity index (χ1n) is 4.21. The molecule has 0 fully saturated rings. The number of nitrogen functional groups attached to an aromatic ring is 1. The molecule has 0 radical (unpaired) electrons. The summed E-state index contributed by atoms with van der Waals surface area (Å²) in [5, 5.41) is 3.20. The van der Waals surface area contributed by atoms with Gasteiger partial charge >= 0.3 is 0 Å². The summed E-state index contributed by atoms with van der Waals surface area (Å²) in [6.07, 6.45) is 0.988. The molecule has 0 aliphatic carbocycles. The Labute approximate surface area is 87.0 Å². The average Bonchev–Trinajstić information content (AvgIpc) is 2.50. The van der Waals surface area contributed by atoms with Gasteiger partial charge < -0.3 is 5.73 Å². The first-order valence-corrected chi connectivity index (χ1v) is 5.54. The van der Waals surface area contributed by atoms with E-state index in [4.69, 9.17) is 5.73 Å². The van der Waals surface area contributed by atoms with E-state index in [9.17, 15) is 0 Å². The summed E-state index contributed by atoms with van der Waals surface area (Å²) >= 11 is 6.04. The number of rotatable bonds is 1. The SMILES string of the molecule is CCc1ccc2c(S)csc2c1N. The quantitative estimate of drug-likeness (QED) is 0.547. The Kier molecular flexibility index (Phi) is 2.22. The van der Waals surface area contributed by atoms with E-state index in [1.165, 1.54) is 15.6 Å². The van der Waals surface area contributed by atoms with Gasteiger partial charge in [-0.05, 0) is 12.0 Å². The molecule has 13 heavy (non-hydrogen) atoms. The van der Waals surface area contributed by atoms with Crippen molar-refractivity contribution in [3.05, 3.63) is 23.1 Å². The van der Waals surface area contributed by atoms with Crippen LogP contribution in [0.15, 0.2) is 22.4 Å². The number of anilines is 1. The van der Waals surface area contributed by atoms with Crippen LogP contribution in [0.1, 0.15) is 12.5 Å². The lowest BCUT2D eigenvalue weighted by Gasteiger charge is -2.03. The second-order valence-electron chi connectivity index (χ2n) is 2.99. The highest BCUT2D eigenvalue weighted by Crippen LogP contribution is 2.34. The van der Waals surface area contributed by atoms with Gasteiger partial charge in [0, 0.05) is 15.7 Å². The number of aryl methyl sites for hydroxylation is 1. The predicted octanol–water partition coefficient (Wildman–Crippen LogP) is 3.33. The molecular weight excluding hydrogens is 198 g/mol. The lowest BCUT2D eigenvalue weighted by atomic mass is 10.1. The number of thiol groups is 1. The molecule has 0 aliphatic rings. The van der Waals surface area contributed by atoms with Crippen LogP contribution in [0, 0.1) is 0 Å². The standard InChI is InChI=1S/C10H11NS2/c1-2-6-3-4-7-8(12)5-13-10(7)9(6)11/h3-5,12H,2,11H2,1H3. The highest BCUT2D eigenvalue weighted by atomic mass is 32.1. The third-order valence-electron chi connectivity index (χ3n) is 2.23. The summed E-state index contributed by atoms with van der Waals surface area (Å²) < 4.78 is 1.17. The van der Waals surface area contributed by atoms with Gasteiger partial charge in [-0.2, -0.15) is 0 Å². The lowest BCUT2D eigenvalue weighted by Crippen LogP contribution is -1.91. The molecule has 0 saturated heterocycles. The molecule has 1 heterocycles. The minimum absolute atomic E-state index is 0.922. The molecular formula is C10H11NS2. The summed E-state index contributed by atoms with van der Waals surface area (Å²) in [6.45, 7) is 2.12. The Morgan fingerprint density at radius 2 is 2.23 bits per heavy atom. The number of hydrogen-bond donors (Lipinski definition) is 2. The van der Waals surface area contributed by atoms with Crippen LogP contribution in [0.3, 0.4) is 0 Å². The van der Waals surface area contributed by atoms with Gasteiger partial charge in [-0.15, -0.1) is 24.0 Å². The number of hydrogen-bond acceptors (Lipinski definition) is 3. The average molecular weight is 209 g/mol. The number of benzene rings is 1. The van der Waals surface area contributed by atoms with Crippen molar-refractivity contribution in [2.75, 3.05) is 5.73 Å². The van der Waals surface area contributed by atoms with Crippen LogP contribution in [0.2, 0.25) is 0 Å². The Hall–Kier alpha value is -0.670. The summed E-state index contributed by atoms with van der Waals surface area (Å²) in [4.78, 5) is 1.02. The van der Waals surface area contributed by atoms with Crippen LogP contribution in [0.4, 0.5) is 5.69 Å². The molecule has 0 amide bonds. The Bertz CT molecular complexity index is 445. The zero-order valence-electron chi connectivity index (χ0n) is 7.37. The van der Waals surface area contributed by atoms with Gasteiger partial charge in [-0.3, -0.25) is 0 Å². The zero-order valence-corrected chi connectivity index (χ0v) is 9.08. The van der Waals surface area contributed by atoms with E-state index >= 15 is 0 Å². The first kappa shape index (κ1) is 8.91. The van der Waals surface area contributed by atoms with E-state index in [-0.39, 0.29) is 0 Å². The van der Waals surface area contributed by atoms with Gasteiger partial charge in [0.25, 0.3) is 0 Å². The van der Waals surface area contributed by atoms with Crippen molar-refractivity contribution in [2.24, 2.45) is 0 Å². The molecule has 0 aliphatic heterocycles. The largest absolute Gasteiger partial charge is 0.397 e. The van der Waals surface area contributed by atoms with E-state index < -0.39 is 0 Å². The van der Waals surface area contributed by atoms with Crippen LogP contribution in [-0.2, 0) is 6.42 Å². The molecule has 1 aromatic heterocycles. The zero-order chi connectivity index (χ0) is 9.42. The van der Waals surface area contributed by atoms with Gasteiger partial charge in [-0.1, -0.05) is 19.1 Å². The molecule has 3 heteroatoms. The molecule has 2 N–H and O–H groups in total. The monoisotopic (exact) mass is 209 g/mol. The molecule has 0 bridgehead atoms. The fourth-order valence-electron chi connectivity index (χ4n) is 1.46. The third-order valence-corrected chi connectivity index (χ3v) is 3.81. The van der Waals surface area contributed by atoms with Crippen LogP contribution in [-0.4, -0.2) is 0 Å². The minimum atomic E-state index is 0.922. The normalized spacial score (nSPS) is 10.9. The molecule has 2 aromatic rings. The van der Waals surface area contributed by atoms with Crippen LogP contribution < -0.4 is 5.73 Å². The number of fused-ring (bicyclic) bond motifs is 1. The molecule has 1 nitrogen and oxygen atoms in total. The highest BCUT2D eigenvalue weighted by molar-refractivity contribution is 7.80. The topological polar surface area (TPSA) is 26.0 Å². The van der Waals surface area contributed by atoms with Crippen molar-refractivity contribution in [3.8, 4) is 0 Å². The number of thiophene rings is 1. The summed E-state index contributed by atoms with van der Waals surface area (Å²) in [6, 6.07) is 4.19. The van der Waals surface area contributed by atoms with Crippen molar-refractivity contribution >= 4 is 39.7 Å². The van der Waals surface area contributed by atoms with Crippen molar-refractivity contribution in [2.45, 2.75) is 18.2 Å². The Balaban J connectivity index is 2.80. The molecule has 1 aromatic carbocycles. The Morgan fingerprint density at radius 3 is 2.92 bits per heavy atom. The lowest BCUT2D eigenvalue weighted by molar-refractivity contribution is 1.15. The maximum absolute atomic E-state index is 6.02. The van der Waals surface area contributed by atoms with Crippen LogP contribution in [0.5, 0.6) is 0 Å². The Morgan fingerprint density at radius 1 is 1.46 bits per heavy atom. The minimum Gasteiger partial charge on any atom is -0.397 e. The van der Waals surface area contributed by atoms with E-state index in [1.807, 2.05) is 5.38 Å². The molecule has 68 valence electrons. The smallest absolute Gasteiger partial charge is 0.0586 e. The van der Waals surface area contributed by atoms with Gasteiger partial charge in [0.05, 0.1) is 10.4 Å². The molecule has 0 unspecified atom stereocenters. The second-order valence-corrected chi connectivity index (χ2v) is 4.35. The molecule has 2 rings (SSSR count). The number of nitrogens with two attached hydrogens (primary N) is 1.